The molecule has 9 nitrogen and oxygen atoms in total. The molecule has 5 N–H and O–H groups in total. The molecular weight excluding hydrogens is 396 g/mol. The van der Waals surface area contributed by atoms with Crippen LogP contribution in [-0.4, -0.2) is 86.6 Å². The van der Waals surface area contributed by atoms with E-state index in [-0.39, 0.29) is 11.8 Å². The number of rotatable bonds is 3. The summed E-state index contributed by atoms with van der Waals surface area (Å²) in [4.78, 5) is 12.3. The average molecular weight is 428 g/mol. The maximum absolute atomic E-state index is 12.3. The molecule has 0 aromatic rings. The largest absolute Gasteiger partial charge is 0.459 e. The molecule has 3 fully saturated rings. The Morgan fingerprint density at radius 2 is 1.90 bits per heavy atom. The van der Waals surface area contributed by atoms with Crippen molar-refractivity contribution in [3.8, 4) is 0 Å². The van der Waals surface area contributed by atoms with Crippen molar-refractivity contribution in [3.63, 3.8) is 0 Å². The molecule has 0 radical (unpaired) electrons. The predicted octanol–water partition coefficient (Wildman–Crippen LogP) is -0.770. The van der Waals surface area contributed by atoms with E-state index >= 15 is 0 Å². The highest BCUT2D eigenvalue weighted by atomic mass is 16.7. The SMILES string of the molecule is CC1=CC[C@H](O[C@@H]2O[C@H](CO)[C@@H](O)[C@H](O)[C@H]2O)[C@@]2(C)CC[C@@H]3[C@@H](OC(=O)[C@@]3(C)O)[C@H]12. The number of hydrogen-bond donors (Lipinski definition) is 5. The first-order valence-corrected chi connectivity index (χ1v) is 10.6. The van der Waals surface area contributed by atoms with Gasteiger partial charge in [-0.2, -0.15) is 0 Å². The lowest BCUT2D eigenvalue weighted by molar-refractivity contribution is -0.323. The zero-order valence-corrected chi connectivity index (χ0v) is 17.5. The Bertz CT molecular complexity index is 719. The van der Waals surface area contributed by atoms with Crippen molar-refractivity contribution in [2.24, 2.45) is 17.3 Å². The summed E-state index contributed by atoms with van der Waals surface area (Å²) in [6.07, 6.45) is -3.79. The van der Waals surface area contributed by atoms with Crippen LogP contribution in [0.2, 0.25) is 0 Å². The van der Waals surface area contributed by atoms with Gasteiger partial charge in [-0.25, -0.2) is 4.79 Å². The molecule has 4 rings (SSSR count). The molecule has 2 heterocycles. The molecule has 11 atom stereocenters. The molecular formula is C21H32O9. The molecule has 0 aromatic carbocycles. The molecule has 2 aliphatic carbocycles. The Balaban J connectivity index is 1.59. The third-order valence-corrected chi connectivity index (χ3v) is 7.83. The zero-order valence-electron chi connectivity index (χ0n) is 17.5. The van der Waals surface area contributed by atoms with E-state index in [9.17, 15) is 30.3 Å². The lowest BCUT2D eigenvalue weighted by Gasteiger charge is -2.54. The van der Waals surface area contributed by atoms with Crippen LogP contribution in [0.25, 0.3) is 0 Å². The van der Waals surface area contributed by atoms with Gasteiger partial charge in [-0.15, -0.1) is 0 Å². The van der Waals surface area contributed by atoms with Crippen LogP contribution in [0, 0.1) is 17.3 Å². The molecule has 1 saturated carbocycles. The van der Waals surface area contributed by atoms with Gasteiger partial charge in [-0.3, -0.25) is 0 Å². The van der Waals surface area contributed by atoms with Crippen molar-refractivity contribution >= 4 is 5.97 Å². The predicted molar refractivity (Wildman–Crippen MR) is 102 cm³/mol. The number of fused-ring (bicyclic) bond motifs is 3. The van der Waals surface area contributed by atoms with Crippen molar-refractivity contribution in [1.82, 2.24) is 0 Å². The molecule has 170 valence electrons. The first-order chi connectivity index (χ1) is 14.0. The molecule has 30 heavy (non-hydrogen) atoms. The van der Waals surface area contributed by atoms with Gasteiger partial charge >= 0.3 is 5.97 Å². The van der Waals surface area contributed by atoms with E-state index in [1.165, 1.54) is 6.92 Å². The van der Waals surface area contributed by atoms with Gasteiger partial charge in [0.05, 0.1) is 12.7 Å². The second-order valence-corrected chi connectivity index (χ2v) is 9.65. The quantitative estimate of drug-likeness (QED) is 0.289. The van der Waals surface area contributed by atoms with Crippen LogP contribution in [0.15, 0.2) is 11.6 Å². The third-order valence-electron chi connectivity index (χ3n) is 7.83. The van der Waals surface area contributed by atoms with Gasteiger partial charge in [0.1, 0.15) is 30.5 Å². The number of esters is 1. The van der Waals surface area contributed by atoms with Crippen LogP contribution in [0.1, 0.15) is 40.0 Å². The van der Waals surface area contributed by atoms with E-state index in [0.29, 0.717) is 19.3 Å². The van der Waals surface area contributed by atoms with Crippen molar-refractivity contribution in [2.75, 3.05) is 6.61 Å². The normalized spacial score (nSPS) is 53.5. The van der Waals surface area contributed by atoms with Gasteiger partial charge in [-0.05, 0) is 33.1 Å². The maximum Gasteiger partial charge on any atom is 0.338 e. The van der Waals surface area contributed by atoms with Crippen LogP contribution in [0.4, 0.5) is 0 Å². The summed E-state index contributed by atoms with van der Waals surface area (Å²) < 4.78 is 17.3. The molecule has 4 aliphatic rings. The van der Waals surface area contributed by atoms with Crippen LogP contribution in [0.5, 0.6) is 0 Å². The molecule has 2 aliphatic heterocycles. The van der Waals surface area contributed by atoms with E-state index in [0.717, 1.165) is 5.57 Å². The van der Waals surface area contributed by atoms with E-state index in [1.54, 1.807) is 0 Å². The molecule has 9 heteroatoms. The molecule has 0 bridgehead atoms. The third kappa shape index (κ3) is 3.14. The monoisotopic (exact) mass is 428 g/mol. The van der Waals surface area contributed by atoms with Gasteiger partial charge in [-0.1, -0.05) is 18.6 Å². The first-order valence-electron chi connectivity index (χ1n) is 10.6. The van der Waals surface area contributed by atoms with Crippen molar-refractivity contribution in [2.45, 2.75) is 88.5 Å². The Morgan fingerprint density at radius 3 is 2.57 bits per heavy atom. The fraction of sp³-hybridized carbons (Fsp3) is 0.857. The maximum atomic E-state index is 12.3. The number of carbonyl (C=O) groups excluding carboxylic acids is 1. The number of carbonyl (C=O) groups is 1. The lowest BCUT2D eigenvalue weighted by atomic mass is 9.54. The first kappa shape index (κ1) is 22.1. The number of ether oxygens (including phenoxy) is 3. The Hall–Kier alpha value is -1.07. The highest BCUT2D eigenvalue weighted by Crippen LogP contribution is 2.58. The average Bonchev–Trinajstić information content (AvgIpc) is 2.92. The van der Waals surface area contributed by atoms with Crippen molar-refractivity contribution in [3.05, 3.63) is 11.6 Å². The Morgan fingerprint density at radius 1 is 1.20 bits per heavy atom. The summed E-state index contributed by atoms with van der Waals surface area (Å²) in [5.74, 6) is -1.08. The lowest BCUT2D eigenvalue weighted by Crippen LogP contribution is -2.61. The highest BCUT2D eigenvalue weighted by Gasteiger charge is 2.64. The summed E-state index contributed by atoms with van der Waals surface area (Å²) in [6, 6.07) is 0. The van der Waals surface area contributed by atoms with E-state index in [2.05, 4.69) is 0 Å². The smallest absolute Gasteiger partial charge is 0.338 e. The summed E-state index contributed by atoms with van der Waals surface area (Å²) in [6.45, 7) is 5.01. The number of aliphatic hydroxyl groups is 5. The topological polar surface area (TPSA) is 146 Å². The number of hydrogen-bond acceptors (Lipinski definition) is 9. The standard InChI is InChI=1S/C21H32O9/c1-9-4-5-12(29-18-16(25)15(24)14(23)11(8-22)28-18)20(2)7-6-10-17(13(9)20)30-19(26)21(10,3)27/h4,10-18,22-25,27H,5-8H2,1-3H3/t10-,11-,12+,13+,14-,15+,16-,17-,18+,20-,21+/m1/s1. The molecule has 0 spiro atoms. The van der Waals surface area contributed by atoms with Gasteiger partial charge < -0.3 is 39.7 Å². The van der Waals surface area contributed by atoms with E-state index < -0.39 is 66.5 Å². The van der Waals surface area contributed by atoms with Gasteiger partial charge in [0.15, 0.2) is 11.9 Å². The molecule has 0 amide bonds. The summed E-state index contributed by atoms with van der Waals surface area (Å²) in [5.41, 5.74) is -0.914. The molecule has 0 unspecified atom stereocenters. The van der Waals surface area contributed by atoms with Crippen molar-refractivity contribution in [1.29, 1.82) is 0 Å². The molecule has 0 aromatic heterocycles. The summed E-state index contributed by atoms with van der Waals surface area (Å²) in [7, 11) is 0. The fourth-order valence-corrected chi connectivity index (χ4v) is 5.92. The van der Waals surface area contributed by atoms with Crippen molar-refractivity contribution < 1.29 is 44.5 Å². The van der Waals surface area contributed by atoms with Gasteiger partial charge in [0, 0.05) is 17.3 Å². The Labute approximate surface area is 175 Å². The highest BCUT2D eigenvalue weighted by molar-refractivity contribution is 5.82. The van der Waals surface area contributed by atoms with Gasteiger partial charge in [0.2, 0.25) is 0 Å². The zero-order chi connectivity index (χ0) is 22.0. The second kappa shape index (κ2) is 7.51. The fourth-order valence-electron chi connectivity index (χ4n) is 5.92. The number of aliphatic hydroxyl groups excluding tert-OH is 4. The minimum Gasteiger partial charge on any atom is -0.459 e. The van der Waals surface area contributed by atoms with Crippen LogP contribution in [-0.2, 0) is 19.0 Å². The van der Waals surface area contributed by atoms with Gasteiger partial charge in [0.25, 0.3) is 0 Å². The van der Waals surface area contributed by atoms with Crippen LogP contribution >= 0.6 is 0 Å². The molecule has 2 saturated heterocycles. The van der Waals surface area contributed by atoms with E-state index in [1.807, 2.05) is 19.9 Å². The minimum atomic E-state index is -1.52. The Kier molecular flexibility index (Phi) is 5.54. The summed E-state index contributed by atoms with van der Waals surface area (Å²) >= 11 is 0. The second-order valence-electron chi connectivity index (χ2n) is 9.65. The van der Waals surface area contributed by atoms with E-state index in [4.69, 9.17) is 14.2 Å². The van der Waals surface area contributed by atoms with Crippen LogP contribution in [0.3, 0.4) is 0 Å². The van der Waals surface area contributed by atoms with Crippen LogP contribution < -0.4 is 0 Å². The summed E-state index contributed by atoms with van der Waals surface area (Å²) in [5, 5.41) is 50.5. The minimum absolute atomic E-state index is 0.169.